The van der Waals surface area contributed by atoms with Crippen LogP contribution in [0.3, 0.4) is 0 Å². The zero-order valence-corrected chi connectivity index (χ0v) is 21.9. The van der Waals surface area contributed by atoms with Crippen LogP contribution in [0, 0.1) is 0 Å². The largest absolute Gasteiger partial charge is 0.462 e. The van der Waals surface area contributed by atoms with Gasteiger partial charge < -0.3 is 15.2 Å². The maximum atomic E-state index is 12.9. The van der Waals surface area contributed by atoms with E-state index in [0.717, 1.165) is 11.1 Å². The van der Waals surface area contributed by atoms with E-state index >= 15 is 0 Å². The molecule has 35 heavy (non-hydrogen) atoms. The van der Waals surface area contributed by atoms with Gasteiger partial charge in [-0.2, -0.15) is 0 Å². The monoisotopic (exact) mass is 537 g/mol. The minimum atomic E-state index is -3.71. The third-order valence-electron chi connectivity index (χ3n) is 5.34. The third kappa shape index (κ3) is 7.78. The molecule has 188 valence electrons. The highest BCUT2D eigenvalue weighted by Gasteiger charge is 2.19. The Balaban J connectivity index is 0.00000432. The summed E-state index contributed by atoms with van der Waals surface area (Å²) in [6, 6.07) is 19.6. The van der Waals surface area contributed by atoms with Crippen LogP contribution in [0.4, 0.5) is 0 Å². The Morgan fingerprint density at radius 1 is 1.03 bits per heavy atom. The number of carbonyl (C=O) groups is 1. The van der Waals surface area contributed by atoms with Crippen LogP contribution in [-0.4, -0.2) is 38.7 Å². The van der Waals surface area contributed by atoms with E-state index in [1.807, 2.05) is 13.0 Å². The summed E-state index contributed by atoms with van der Waals surface area (Å²) in [5.41, 5.74) is 2.02. The molecule has 0 aliphatic rings. The predicted molar refractivity (Wildman–Crippen MR) is 139 cm³/mol. The average Bonchev–Trinajstić information content (AvgIpc) is 2.83. The fourth-order valence-electron chi connectivity index (χ4n) is 3.50. The Bertz CT molecular complexity index is 1220. The summed E-state index contributed by atoms with van der Waals surface area (Å²) in [6.07, 6.45) is -0.0134. The Morgan fingerprint density at radius 3 is 2.20 bits per heavy atom. The van der Waals surface area contributed by atoms with Gasteiger partial charge >= 0.3 is 5.97 Å². The van der Waals surface area contributed by atoms with Gasteiger partial charge in [-0.15, -0.1) is 12.4 Å². The minimum Gasteiger partial charge on any atom is -0.462 e. The van der Waals surface area contributed by atoms with E-state index in [2.05, 4.69) is 5.32 Å². The first-order valence-corrected chi connectivity index (χ1v) is 12.8. The van der Waals surface area contributed by atoms with Crippen molar-refractivity contribution in [3.05, 3.63) is 94.5 Å². The fourth-order valence-corrected chi connectivity index (χ4v) is 4.96. The van der Waals surface area contributed by atoms with Crippen molar-refractivity contribution >= 4 is 39.8 Å². The molecule has 6 nitrogen and oxygen atoms in total. The lowest BCUT2D eigenvalue weighted by molar-refractivity contribution is 0.0526. The summed E-state index contributed by atoms with van der Waals surface area (Å²) in [7, 11) is -3.71. The van der Waals surface area contributed by atoms with E-state index < -0.39 is 21.9 Å². The van der Waals surface area contributed by atoms with Crippen LogP contribution in [0.2, 0.25) is 5.02 Å². The lowest BCUT2D eigenvalue weighted by Gasteiger charge is -2.18. The van der Waals surface area contributed by atoms with E-state index in [1.165, 1.54) is 24.3 Å². The average molecular weight is 538 g/mol. The van der Waals surface area contributed by atoms with Gasteiger partial charge in [-0.1, -0.05) is 35.9 Å². The summed E-state index contributed by atoms with van der Waals surface area (Å²) in [5.74, 6) is -0.487. The molecule has 0 saturated heterocycles. The molecule has 2 atom stereocenters. The van der Waals surface area contributed by atoms with E-state index in [9.17, 15) is 18.3 Å². The van der Waals surface area contributed by atoms with Crippen LogP contribution in [0.25, 0.3) is 0 Å². The molecule has 0 aromatic heterocycles. The first-order valence-electron chi connectivity index (χ1n) is 11.0. The SMILES string of the molecule is CCOC(=O)c1ccc(S(=O)(=O)c2ccc(C[C@@H](C)NC[C@H](O)c3cccc(Cl)c3)cc2)cc1.Cl. The molecule has 0 radical (unpaired) electrons. The zero-order valence-electron chi connectivity index (χ0n) is 19.5. The number of halogens is 2. The number of esters is 1. The molecule has 0 heterocycles. The molecule has 0 spiro atoms. The maximum absolute atomic E-state index is 12.9. The summed E-state index contributed by atoms with van der Waals surface area (Å²) in [4.78, 5) is 12.1. The molecule has 0 fully saturated rings. The fraction of sp³-hybridized carbons (Fsp3) is 0.269. The van der Waals surface area contributed by atoms with Gasteiger partial charge in [0, 0.05) is 17.6 Å². The van der Waals surface area contributed by atoms with Gasteiger partial charge in [-0.3, -0.25) is 0 Å². The van der Waals surface area contributed by atoms with Gasteiger partial charge in [0.2, 0.25) is 9.84 Å². The first-order chi connectivity index (χ1) is 16.2. The lowest BCUT2D eigenvalue weighted by atomic mass is 10.1. The maximum Gasteiger partial charge on any atom is 0.338 e. The Labute approximate surface area is 217 Å². The summed E-state index contributed by atoms with van der Waals surface area (Å²) in [5, 5.41) is 14.2. The number of nitrogens with one attached hydrogen (secondary N) is 1. The highest BCUT2D eigenvalue weighted by atomic mass is 35.5. The first kappa shape index (κ1) is 28.8. The van der Waals surface area contributed by atoms with E-state index in [-0.39, 0.29) is 34.8 Å². The standard InChI is InChI=1S/C26H28ClNO5S.ClH/c1-3-33-26(30)20-9-13-24(14-10-20)34(31,32)23-11-7-19(8-12-23)15-18(2)28-17-25(29)21-5-4-6-22(27)16-21;/h4-14,16,18,25,28-29H,3,15,17H2,1-2H3;1H/t18-,25+;/m1./s1. The van der Waals surface area contributed by atoms with Gasteiger partial charge in [0.15, 0.2) is 0 Å². The number of sulfone groups is 1. The van der Waals surface area contributed by atoms with Gasteiger partial charge in [0.05, 0.1) is 28.1 Å². The van der Waals surface area contributed by atoms with Gasteiger partial charge in [0.1, 0.15) is 0 Å². The van der Waals surface area contributed by atoms with Crippen molar-refractivity contribution in [1.29, 1.82) is 0 Å². The second kappa shape index (κ2) is 13.0. The number of aliphatic hydroxyl groups excluding tert-OH is 1. The van der Waals surface area contributed by atoms with Crippen molar-refractivity contribution in [1.82, 2.24) is 5.32 Å². The molecule has 2 N–H and O–H groups in total. The summed E-state index contributed by atoms with van der Waals surface area (Å²) >= 11 is 5.98. The molecule has 0 aliphatic carbocycles. The normalized spacial score (nSPS) is 12.9. The number of aliphatic hydroxyl groups is 1. The van der Waals surface area contributed by atoms with Crippen LogP contribution < -0.4 is 5.32 Å². The molecule has 3 aromatic rings. The van der Waals surface area contributed by atoms with Crippen LogP contribution in [0.1, 0.15) is 41.4 Å². The van der Waals surface area contributed by atoms with Crippen molar-refractivity contribution < 1.29 is 23.1 Å². The Morgan fingerprint density at radius 2 is 1.63 bits per heavy atom. The molecular formula is C26H29Cl2NO5S. The van der Waals surface area contributed by atoms with Crippen LogP contribution in [-0.2, 0) is 21.0 Å². The molecule has 0 amide bonds. The topological polar surface area (TPSA) is 92.7 Å². The summed E-state index contributed by atoms with van der Waals surface area (Å²) in [6.45, 7) is 4.33. The van der Waals surface area contributed by atoms with Crippen LogP contribution in [0.5, 0.6) is 0 Å². The third-order valence-corrected chi connectivity index (χ3v) is 7.37. The number of rotatable bonds is 10. The molecular weight excluding hydrogens is 509 g/mol. The van der Waals surface area contributed by atoms with Gasteiger partial charge in [-0.05, 0) is 79.9 Å². The van der Waals surface area contributed by atoms with Crippen molar-refractivity contribution in [3.8, 4) is 0 Å². The molecule has 9 heteroatoms. The Hall–Kier alpha value is -2.42. The molecule has 0 unspecified atom stereocenters. The molecule has 0 saturated carbocycles. The molecule has 0 aliphatic heterocycles. The Kier molecular flexibility index (Phi) is 10.7. The van der Waals surface area contributed by atoms with Crippen LogP contribution in [0.15, 0.2) is 82.6 Å². The van der Waals surface area contributed by atoms with Crippen molar-refractivity contribution in [2.24, 2.45) is 0 Å². The number of carbonyl (C=O) groups excluding carboxylic acids is 1. The quantitative estimate of drug-likeness (QED) is 0.352. The summed E-state index contributed by atoms with van der Waals surface area (Å²) < 4.78 is 30.8. The van der Waals surface area contributed by atoms with Gasteiger partial charge in [0.25, 0.3) is 0 Å². The van der Waals surface area contributed by atoms with Crippen LogP contribution >= 0.6 is 24.0 Å². The second-order valence-electron chi connectivity index (χ2n) is 7.98. The number of hydrogen-bond acceptors (Lipinski definition) is 6. The highest BCUT2D eigenvalue weighted by Crippen LogP contribution is 2.22. The smallest absolute Gasteiger partial charge is 0.338 e. The van der Waals surface area contributed by atoms with E-state index in [0.29, 0.717) is 23.6 Å². The molecule has 3 aromatic carbocycles. The number of hydrogen-bond donors (Lipinski definition) is 2. The zero-order chi connectivity index (χ0) is 24.7. The molecule has 0 bridgehead atoms. The van der Waals surface area contributed by atoms with Crippen molar-refractivity contribution in [2.45, 2.75) is 42.2 Å². The van der Waals surface area contributed by atoms with E-state index in [1.54, 1.807) is 49.4 Å². The van der Waals surface area contributed by atoms with Crippen molar-refractivity contribution in [3.63, 3.8) is 0 Å². The van der Waals surface area contributed by atoms with E-state index in [4.69, 9.17) is 16.3 Å². The predicted octanol–water partition coefficient (Wildman–Crippen LogP) is 5.03. The highest BCUT2D eigenvalue weighted by molar-refractivity contribution is 7.91. The number of benzene rings is 3. The minimum absolute atomic E-state index is 0. The van der Waals surface area contributed by atoms with Crippen molar-refractivity contribution in [2.75, 3.05) is 13.2 Å². The van der Waals surface area contributed by atoms with Gasteiger partial charge in [-0.25, -0.2) is 13.2 Å². The number of ether oxygens (including phenoxy) is 1. The lowest BCUT2D eigenvalue weighted by Crippen LogP contribution is -2.32. The molecule has 3 rings (SSSR count). The second-order valence-corrected chi connectivity index (χ2v) is 10.4.